The summed E-state index contributed by atoms with van der Waals surface area (Å²) in [4.78, 5) is 5.14. The molecular formula is C16H22F6N4. The molecule has 0 unspecified atom stereocenters. The molecule has 0 heterocycles. The lowest BCUT2D eigenvalue weighted by Gasteiger charge is -2.19. The number of hydrogen-bond donors (Lipinski definition) is 2. The Labute approximate surface area is 148 Å². The molecule has 0 amide bonds. The molecule has 0 bridgehead atoms. The van der Waals surface area contributed by atoms with E-state index in [1.165, 1.54) is 31.1 Å². The summed E-state index contributed by atoms with van der Waals surface area (Å²) in [5.41, 5.74) is -0.0717. The number of halogens is 6. The van der Waals surface area contributed by atoms with E-state index in [0.717, 1.165) is 12.1 Å². The number of aliphatic imine (C=N–C) groups is 1. The molecule has 2 N–H and O–H groups in total. The summed E-state index contributed by atoms with van der Waals surface area (Å²) in [5, 5.41) is 5.88. The van der Waals surface area contributed by atoms with Gasteiger partial charge in [0.15, 0.2) is 5.96 Å². The summed E-state index contributed by atoms with van der Waals surface area (Å²) in [6, 6.07) is 4.75. The summed E-state index contributed by atoms with van der Waals surface area (Å²) in [5.74, 6) is 0.420. The monoisotopic (exact) mass is 384 g/mol. The van der Waals surface area contributed by atoms with Crippen LogP contribution in [0.2, 0.25) is 0 Å². The van der Waals surface area contributed by atoms with Gasteiger partial charge in [0.2, 0.25) is 0 Å². The first-order chi connectivity index (χ1) is 12.0. The van der Waals surface area contributed by atoms with Crippen LogP contribution in [0.1, 0.15) is 17.5 Å². The quantitative estimate of drug-likeness (QED) is 0.328. The summed E-state index contributed by atoms with van der Waals surface area (Å²) in [7, 11) is 2.92. The largest absolute Gasteiger partial charge is 0.416 e. The topological polar surface area (TPSA) is 39.7 Å². The highest BCUT2D eigenvalue weighted by atomic mass is 19.4. The maximum atomic E-state index is 12.5. The minimum atomic E-state index is -4.37. The number of nitrogens with one attached hydrogen (secondary N) is 2. The van der Waals surface area contributed by atoms with E-state index in [0.29, 0.717) is 24.5 Å². The van der Waals surface area contributed by atoms with Crippen molar-refractivity contribution >= 4 is 5.96 Å². The van der Waals surface area contributed by atoms with Crippen molar-refractivity contribution in [2.75, 3.05) is 33.7 Å². The van der Waals surface area contributed by atoms with Crippen LogP contribution in [0.15, 0.2) is 29.3 Å². The number of rotatable bonds is 7. The normalized spacial score (nSPS) is 13.2. The van der Waals surface area contributed by atoms with Gasteiger partial charge in [0.25, 0.3) is 0 Å². The van der Waals surface area contributed by atoms with Crippen molar-refractivity contribution in [3.05, 3.63) is 35.4 Å². The van der Waals surface area contributed by atoms with Gasteiger partial charge >= 0.3 is 12.4 Å². The third-order valence-corrected chi connectivity index (χ3v) is 3.42. The van der Waals surface area contributed by atoms with Crippen LogP contribution in [-0.2, 0) is 12.7 Å². The van der Waals surface area contributed by atoms with Gasteiger partial charge in [-0.2, -0.15) is 26.3 Å². The maximum absolute atomic E-state index is 12.5. The number of nitrogens with zero attached hydrogens (tertiary/aromatic N) is 2. The summed E-state index contributed by atoms with van der Waals surface area (Å²) in [6.07, 6.45) is -8.11. The number of benzene rings is 1. The Morgan fingerprint density at radius 3 is 2.15 bits per heavy atom. The standard InChI is InChI=1S/C16H22F6N4/c1-23-14(24-8-3-9-26(2)11-15(17,18)19)25-10-12-4-6-13(7-5-12)16(20,21)22/h4-7H,3,8-11H2,1-2H3,(H2,23,24,25). The van der Waals surface area contributed by atoms with Crippen LogP contribution < -0.4 is 10.6 Å². The minimum Gasteiger partial charge on any atom is -0.356 e. The molecule has 0 aliphatic carbocycles. The van der Waals surface area contributed by atoms with Gasteiger partial charge in [-0.15, -0.1) is 0 Å². The molecule has 148 valence electrons. The molecule has 0 spiro atoms. The predicted molar refractivity (Wildman–Crippen MR) is 87.8 cm³/mol. The number of alkyl halides is 6. The van der Waals surface area contributed by atoms with Crippen LogP contribution in [0.25, 0.3) is 0 Å². The fraction of sp³-hybridized carbons (Fsp3) is 0.562. The fourth-order valence-corrected chi connectivity index (χ4v) is 2.16. The first-order valence-corrected chi connectivity index (χ1v) is 7.87. The van der Waals surface area contributed by atoms with E-state index in [1.54, 1.807) is 0 Å². The average Bonchev–Trinajstić information content (AvgIpc) is 2.52. The molecule has 1 aromatic rings. The van der Waals surface area contributed by atoms with Gasteiger partial charge in [-0.25, -0.2) is 0 Å². The molecule has 0 aromatic heterocycles. The van der Waals surface area contributed by atoms with Gasteiger partial charge < -0.3 is 10.6 Å². The smallest absolute Gasteiger partial charge is 0.356 e. The van der Waals surface area contributed by atoms with Crippen molar-refractivity contribution < 1.29 is 26.3 Å². The molecule has 0 aliphatic heterocycles. The first-order valence-electron chi connectivity index (χ1n) is 7.87. The van der Waals surface area contributed by atoms with Crippen LogP contribution in [-0.4, -0.2) is 50.8 Å². The molecular weight excluding hydrogens is 362 g/mol. The lowest BCUT2D eigenvalue weighted by atomic mass is 10.1. The van der Waals surface area contributed by atoms with Gasteiger partial charge in [0, 0.05) is 20.1 Å². The van der Waals surface area contributed by atoms with Crippen LogP contribution in [0, 0.1) is 0 Å². The van der Waals surface area contributed by atoms with E-state index in [4.69, 9.17) is 0 Å². The Morgan fingerprint density at radius 2 is 1.65 bits per heavy atom. The third kappa shape index (κ3) is 8.93. The van der Waals surface area contributed by atoms with Crippen LogP contribution in [0.3, 0.4) is 0 Å². The minimum absolute atomic E-state index is 0.266. The summed E-state index contributed by atoms with van der Waals surface area (Å²) in [6.45, 7) is -0.0169. The molecule has 26 heavy (non-hydrogen) atoms. The van der Waals surface area contributed by atoms with Crippen molar-refractivity contribution in [3.8, 4) is 0 Å². The maximum Gasteiger partial charge on any atom is 0.416 e. The van der Waals surface area contributed by atoms with Gasteiger partial charge in [0.05, 0.1) is 12.1 Å². The van der Waals surface area contributed by atoms with E-state index < -0.39 is 24.5 Å². The second-order valence-electron chi connectivity index (χ2n) is 5.75. The molecule has 1 rings (SSSR count). The predicted octanol–water partition coefficient (Wildman–Crippen LogP) is 3.25. The lowest BCUT2D eigenvalue weighted by molar-refractivity contribution is -0.143. The third-order valence-electron chi connectivity index (χ3n) is 3.42. The first kappa shape index (κ1) is 22.1. The molecule has 0 atom stereocenters. The molecule has 0 radical (unpaired) electrons. The molecule has 0 saturated heterocycles. The highest BCUT2D eigenvalue weighted by Crippen LogP contribution is 2.29. The molecule has 0 aliphatic rings. The number of guanidine groups is 1. The zero-order valence-electron chi connectivity index (χ0n) is 14.5. The zero-order valence-corrected chi connectivity index (χ0v) is 14.5. The molecule has 4 nitrogen and oxygen atoms in total. The van der Waals surface area contributed by atoms with Gasteiger partial charge in [-0.1, -0.05) is 12.1 Å². The van der Waals surface area contributed by atoms with Crippen LogP contribution in [0.4, 0.5) is 26.3 Å². The van der Waals surface area contributed by atoms with E-state index in [-0.39, 0.29) is 13.1 Å². The second kappa shape index (κ2) is 9.65. The highest BCUT2D eigenvalue weighted by Gasteiger charge is 2.30. The van der Waals surface area contributed by atoms with E-state index in [2.05, 4.69) is 15.6 Å². The van der Waals surface area contributed by atoms with E-state index in [1.807, 2.05) is 0 Å². The second-order valence-corrected chi connectivity index (χ2v) is 5.75. The Kier molecular flexibility index (Phi) is 8.19. The van der Waals surface area contributed by atoms with Crippen molar-refractivity contribution in [3.63, 3.8) is 0 Å². The highest BCUT2D eigenvalue weighted by molar-refractivity contribution is 5.79. The summed E-state index contributed by atoms with van der Waals surface area (Å²) >= 11 is 0. The Hall–Kier alpha value is -1.97. The molecule has 10 heteroatoms. The van der Waals surface area contributed by atoms with Crippen molar-refractivity contribution in [2.24, 2.45) is 4.99 Å². The van der Waals surface area contributed by atoms with Crippen molar-refractivity contribution in [1.29, 1.82) is 0 Å². The van der Waals surface area contributed by atoms with Crippen LogP contribution >= 0.6 is 0 Å². The van der Waals surface area contributed by atoms with E-state index >= 15 is 0 Å². The molecule has 0 saturated carbocycles. The fourth-order valence-electron chi connectivity index (χ4n) is 2.16. The lowest BCUT2D eigenvalue weighted by Crippen LogP contribution is -2.39. The average molecular weight is 384 g/mol. The van der Waals surface area contributed by atoms with Gasteiger partial charge in [-0.05, 0) is 37.7 Å². The van der Waals surface area contributed by atoms with Crippen LogP contribution in [0.5, 0.6) is 0 Å². The molecule has 1 aromatic carbocycles. The summed E-state index contributed by atoms with van der Waals surface area (Å²) < 4.78 is 74.1. The van der Waals surface area contributed by atoms with E-state index in [9.17, 15) is 26.3 Å². The molecule has 0 fully saturated rings. The van der Waals surface area contributed by atoms with Crippen molar-refractivity contribution in [1.82, 2.24) is 15.5 Å². The van der Waals surface area contributed by atoms with Gasteiger partial charge in [-0.3, -0.25) is 9.89 Å². The Morgan fingerprint density at radius 1 is 1.04 bits per heavy atom. The van der Waals surface area contributed by atoms with Crippen molar-refractivity contribution in [2.45, 2.75) is 25.3 Å². The Balaban J connectivity index is 2.33. The SMILES string of the molecule is CN=C(NCCCN(C)CC(F)(F)F)NCc1ccc(C(F)(F)F)cc1. The number of hydrogen-bond acceptors (Lipinski definition) is 2. The Bertz CT molecular complexity index is 566. The zero-order chi connectivity index (χ0) is 19.8. The van der Waals surface area contributed by atoms with Gasteiger partial charge in [0.1, 0.15) is 0 Å².